The van der Waals surface area contributed by atoms with Gasteiger partial charge in [0.2, 0.25) is 5.89 Å². The molecule has 1 heterocycles. The molecule has 0 aliphatic heterocycles. The fourth-order valence-electron chi connectivity index (χ4n) is 1.40. The molecule has 0 saturated heterocycles. The Morgan fingerprint density at radius 2 is 2.38 bits per heavy atom. The van der Waals surface area contributed by atoms with Gasteiger partial charge in [-0.05, 0) is 19.3 Å². The van der Waals surface area contributed by atoms with Crippen LogP contribution in [0.15, 0.2) is 4.52 Å². The third-order valence-electron chi connectivity index (χ3n) is 2.68. The van der Waals surface area contributed by atoms with E-state index in [1.807, 2.05) is 6.92 Å². The van der Waals surface area contributed by atoms with E-state index < -0.39 is 0 Å². The van der Waals surface area contributed by atoms with Crippen molar-refractivity contribution in [2.24, 2.45) is 5.73 Å². The van der Waals surface area contributed by atoms with Crippen LogP contribution in [-0.4, -0.2) is 10.1 Å². The Labute approximate surface area is 77.5 Å². The first-order valence-electron chi connectivity index (χ1n) is 4.90. The molecule has 1 unspecified atom stereocenters. The van der Waals surface area contributed by atoms with Crippen LogP contribution in [0, 0.1) is 0 Å². The third-order valence-corrected chi connectivity index (χ3v) is 2.68. The van der Waals surface area contributed by atoms with Crippen LogP contribution in [0.4, 0.5) is 0 Å². The maximum absolute atomic E-state index is 5.78. The van der Waals surface area contributed by atoms with E-state index >= 15 is 0 Å². The molecule has 1 fully saturated rings. The zero-order valence-electron chi connectivity index (χ0n) is 7.86. The van der Waals surface area contributed by atoms with Gasteiger partial charge in [-0.15, -0.1) is 0 Å². The first-order valence-corrected chi connectivity index (χ1v) is 4.90. The molecule has 2 N–H and O–H groups in total. The topological polar surface area (TPSA) is 64.9 Å². The van der Waals surface area contributed by atoms with E-state index in [2.05, 4.69) is 10.1 Å². The minimum Gasteiger partial charge on any atom is -0.339 e. The molecule has 1 saturated carbocycles. The van der Waals surface area contributed by atoms with Gasteiger partial charge in [0.15, 0.2) is 5.82 Å². The summed E-state index contributed by atoms with van der Waals surface area (Å²) in [5, 5.41) is 3.88. The fourth-order valence-corrected chi connectivity index (χ4v) is 1.40. The summed E-state index contributed by atoms with van der Waals surface area (Å²) in [4.78, 5) is 4.30. The zero-order valence-corrected chi connectivity index (χ0v) is 7.86. The van der Waals surface area contributed by atoms with E-state index in [0.717, 1.165) is 12.3 Å². The lowest BCUT2D eigenvalue weighted by Gasteiger charge is -2.20. The average Bonchev–Trinajstić information content (AvgIpc) is 2.49. The maximum Gasteiger partial charge on any atom is 0.229 e. The van der Waals surface area contributed by atoms with Crippen molar-refractivity contribution in [1.29, 1.82) is 0 Å². The average molecular weight is 181 g/mol. The smallest absolute Gasteiger partial charge is 0.229 e. The van der Waals surface area contributed by atoms with Gasteiger partial charge >= 0.3 is 0 Å². The second-order valence-electron chi connectivity index (χ2n) is 3.63. The summed E-state index contributed by atoms with van der Waals surface area (Å²) in [6, 6.07) is -0.0717. The minimum absolute atomic E-state index is 0.0717. The summed E-state index contributed by atoms with van der Waals surface area (Å²) in [7, 11) is 0. The summed E-state index contributed by atoms with van der Waals surface area (Å²) in [6.07, 6.45) is 4.50. The number of rotatable bonds is 3. The van der Waals surface area contributed by atoms with Gasteiger partial charge in [-0.25, -0.2) is 0 Å². The van der Waals surface area contributed by atoms with E-state index in [0.29, 0.717) is 11.7 Å². The first kappa shape index (κ1) is 8.69. The van der Waals surface area contributed by atoms with Gasteiger partial charge in [0.05, 0.1) is 6.04 Å². The van der Waals surface area contributed by atoms with E-state index in [9.17, 15) is 0 Å². The molecule has 0 radical (unpaired) electrons. The monoisotopic (exact) mass is 181 g/mol. The Morgan fingerprint density at radius 1 is 1.62 bits per heavy atom. The Hall–Kier alpha value is -0.900. The van der Waals surface area contributed by atoms with Crippen LogP contribution in [0.2, 0.25) is 0 Å². The van der Waals surface area contributed by atoms with E-state index in [1.165, 1.54) is 19.3 Å². The number of hydrogen-bond acceptors (Lipinski definition) is 4. The molecule has 4 nitrogen and oxygen atoms in total. The van der Waals surface area contributed by atoms with Gasteiger partial charge in [0.1, 0.15) is 0 Å². The minimum atomic E-state index is -0.0717. The van der Waals surface area contributed by atoms with Crippen LogP contribution in [0.1, 0.15) is 56.3 Å². The fraction of sp³-hybridized carbons (Fsp3) is 0.778. The highest BCUT2D eigenvalue weighted by molar-refractivity contribution is 5.00. The van der Waals surface area contributed by atoms with Crippen LogP contribution >= 0.6 is 0 Å². The second kappa shape index (κ2) is 3.46. The lowest BCUT2D eigenvalue weighted by molar-refractivity contribution is 0.290. The molecule has 1 aromatic heterocycles. The van der Waals surface area contributed by atoms with Gasteiger partial charge in [-0.3, -0.25) is 0 Å². The summed E-state index contributed by atoms with van der Waals surface area (Å²) in [5.41, 5.74) is 5.78. The molecule has 0 spiro atoms. The lowest BCUT2D eigenvalue weighted by Crippen LogP contribution is -2.12. The van der Waals surface area contributed by atoms with Crippen LogP contribution < -0.4 is 5.73 Å². The summed E-state index contributed by atoms with van der Waals surface area (Å²) in [6.45, 7) is 2.02. The predicted molar refractivity (Wildman–Crippen MR) is 48.1 cm³/mol. The lowest BCUT2D eigenvalue weighted by atomic mass is 9.85. The van der Waals surface area contributed by atoms with Gasteiger partial charge in [-0.1, -0.05) is 18.5 Å². The van der Waals surface area contributed by atoms with Gasteiger partial charge in [0.25, 0.3) is 0 Å². The standard InChI is InChI=1S/C9H15N3O/c1-2-7(10)8-11-9(13-12-8)6-4-3-5-6/h6-7H,2-5,10H2,1H3. The molecular weight excluding hydrogens is 166 g/mol. The third kappa shape index (κ3) is 1.58. The molecule has 1 aromatic rings. The summed E-state index contributed by atoms with van der Waals surface area (Å²) < 4.78 is 5.15. The van der Waals surface area contributed by atoms with Gasteiger partial charge in [0, 0.05) is 5.92 Å². The van der Waals surface area contributed by atoms with Crippen molar-refractivity contribution in [1.82, 2.24) is 10.1 Å². The summed E-state index contributed by atoms with van der Waals surface area (Å²) >= 11 is 0. The van der Waals surface area contributed by atoms with Gasteiger partial charge in [-0.2, -0.15) is 4.98 Å². The Kier molecular flexibility index (Phi) is 2.31. The highest BCUT2D eigenvalue weighted by atomic mass is 16.5. The van der Waals surface area contributed by atoms with Crippen LogP contribution in [0.25, 0.3) is 0 Å². The second-order valence-corrected chi connectivity index (χ2v) is 3.63. The van der Waals surface area contributed by atoms with Crippen molar-refractivity contribution in [2.75, 3.05) is 0 Å². The molecular formula is C9H15N3O. The number of nitrogens with zero attached hydrogens (tertiary/aromatic N) is 2. The van der Waals surface area contributed by atoms with Crippen molar-refractivity contribution in [3.05, 3.63) is 11.7 Å². The van der Waals surface area contributed by atoms with E-state index in [1.54, 1.807) is 0 Å². The highest BCUT2D eigenvalue weighted by Crippen LogP contribution is 2.35. The first-order chi connectivity index (χ1) is 6.31. The van der Waals surface area contributed by atoms with Crippen molar-refractivity contribution >= 4 is 0 Å². The Bertz CT molecular complexity index is 261. The Balaban J connectivity index is 2.08. The molecule has 72 valence electrons. The maximum atomic E-state index is 5.78. The van der Waals surface area contributed by atoms with E-state index in [4.69, 9.17) is 10.3 Å². The number of hydrogen-bond donors (Lipinski definition) is 1. The van der Waals surface area contributed by atoms with Gasteiger partial charge < -0.3 is 10.3 Å². The van der Waals surface area contributed by atoms with Crippen LogP contribution in [0.5, 0.6) is 0 Å². The van der Waals surface area contributed by atoms with Crippen molar-refractivity contribution in [3.63, 3.8) is 0 Å². The number of aromatic nitrogens is 2. The molecule has 0 aromatic carbocycles. The van der Waals surface area contributed by atoms with Crippen molar-refractivity contribution in [3.8, 4) is 0 Å². The summed E-state index contributed by atoms with van der Waals surface area (Å²) in [5.74, 6) is 1.94. The normalized spacial score (nSPS) is 19.8. The van der Waals surface area contributed by atoms with Crippen molar-refractivity contribution < 1.29 is 4.52 Å². The molecule has 2 rings (SSSR count). The predicted octanol–water partition coefficient (Wildman–Crippen LogP) is 1.75. The SMILES string of the molecule is CCC(N)c1noc(C2CCC2)n1. The van der Waals surface area contributed by atoms with Crippen LogP contribution in [0.3, 0.4) is 0 Å². The molecule has 0 amide bonds. The highest BCUT2D eigenvalue weighted by Gasteiger charge is 2.26. The molecule has 1 aliphatic rings. The zero-order chi connectivity index (χ0) is 9.26. The number of nitrogens with two attached hydrogens (primary N) is 1. The van der Waals surface area contributed by atoms with Crippen molar-refractivity contribution in [2.45, 2.75) is 44.6 Å². The van der Waals surface area contributed by atoms with E-state index in [-0.39, 0.29) is 6.04 Å². The van der Waals surface area contributed by atoms with Crippen LogP contribution in [-0.2, 0) is 0 Å². The largest absolute Gasteiger partial charge is 0.339 e. The Morgan fingerprint density at radius 3 is 2.92 bits per heavy atom. The molecule has 4 heteroatoms. The molecule has 1 atom stereocenters. The molecule has 1 aliphatic carbocycles. The quantitative estimate of drug-likeness (QED) is 0.771. The molecule has 0 bridgehead atoms. The molecule has 13 heavy (non-hydrogen) atoms.